The number of rotatable bonds is 12. The van der Waals surface area contributed by atoms with Crippen molar-refractivity contribution in [3.8, 4) is 0 Å². The molecule has 182 valence electrons. The molecule has 0 saturated heterocycles. The number of carbonyl (C=O) groups excluding carboxylic acids is 5. The molecule has 33 heavy (non-hydrogen) atoms. The lowest BCUT2D eigenvalue weighted by atomic mass is 9.86. The van der Waals surface area contributed by atoms with Crippen molar-refractivity contribution >= 4 is 29.8 Å². The van der Waals surface area contributed by atoms with Crippen LogP contribution in [0.3, 0.4) is 0 Å². The molecule has 12 heteroatoms. The van der Waals surface area contributed by atoms with Gasteiger partial charge >= 0.3 is 18.0 Å². The van der Waals surface area contributed by atoms with Crippen LogP contribution in [0.1, 0.15) is 18.9 Å². The Morgan fingerprint density at radius 3 is 2.12 bits per heavy atom. The topological polar surface area (TPSA) is 183 Å². The second-order valence-corrected chi connectivity index (χ2v) is 7.13. The number of nitrogens with two attached hydrogens (primary N) is 1. The number of hydrogen-bond acceptors (Lipinski definition) is 9. The van der Waals surface area contributed by atoms with Gasteiger partial charge in [-0.05, 0) is 5.56 Å². The lowest BCUT2D eigenvalue weighted by Gasteiger charge is -2.27. The van der Waals surface area contributed by atoms with Crippen LogP contribution in [0.15, 0.2) is 30.3 Å². The van der Waals surface area contributed by atoms with E-state index in [9.17, 15) is 29.1 Å². The van der Waals surface area contributed by atoms with Crippen LogP contribution in [0.2, 0.25) is 0 Å². The van der Waals surface area contributed by atoms with E-state index in [0.29, 0.717) is 0 Å². The van der Waals surface area contributed by atoms with E-state index >= 15 is 0 Å². The van der Waals surface area contributed by atoms with Gasteiger partial charge in [0.1, 0.15) is 12.6 Å². The van der Waals surface area contributed by atoms with Crippen molar-refractivity contribution in [2.24, 2.45) is 17.6 Å². The van der Waals surface area contributed by atoms with Crippen LogP contribution in [-0.2, 0) is 40.0 Å². The van der Waals surface area contributed by atoms with Crippen molar-refractivity contribution in [2.75, 3.05) is 20.8 Å². The number of aliphatic hydroxyl groups excluding tert-OH is 1. The van der Waals surface area contributed by atoms with E-state index < -0.39 is 60.2 Å². The largest absolute Gasteiger partial charge is 0.468 e. The highest BCUT2D eigenvalue weighted by molar-refractivity contribution is 5.97. The summed E-state index contributed by atoms with van der Waals surface area (Å²) in [6.07, 6.45) is -2.60. The van der Waals surface area contributed by atoms with Crippen LogP contribution >= 0.6 is 0 Å². The number of benzene rings is 1. The van der Waals surface area contributed by atoms with Gasteiger partial charge in [0.15, 0.2) is 5.92 Å². The summed E-state index contributed by atoms with van der Waals surface area (Å²) in [6, 6.07) is 7.51. The number of esters is 2. The summed E-state index contributed by atoms with van der Waals surface area (Å²) in [5.41, 5.74) is 6.10. The smallest absolute Gasteiger partial charge is 0.407 e. The Kier molecular flexibility index (Phi) is 11.3. The van der Waals surface area contributed by atoms with E-state index in [4.69, 9.17) is 10.5 Å². The molecule has 3 amide bonds. The molecule has 12 nitrogen and oxygen atoms in total. The average molecular weight is 467 g/mol. The number of carbonyl (C=O) groups is 5. The molecule has 0 heterocycles. The highest BCUT2D eigenvalue weighted by Gasteiger charge is 2.41. The molecular formula is C21H29N3O9. The Morgan fingerprint density at radius 2 is 1.61 bits per heavy atom. The maximum atomic E-state index is 12.3. The number of primary amides is 1. The molecule has 1 aromatic rings. The minimum Gasteiger partial charge on any atom is -0.468 e. The summed E-state index contributed by atoms with van der Waals surface area (Å²) < 4.78 is 14.1. The Labute approximate surface area is 190 Å². The third-order valence-corrected chi connectivity index (χ3v) is 4.70. The molecule has 0 fully saturated rings. The molecule has 0 spiro atoms. The highest BCUT2D eigenvalue weighted by atomic mass is 16.6. The van der Waals surface area contributed by atoms with Gasteiger partial charge < -0.3 is 35.7 Å². The maximum Gasteiger partial charge on any atom is 0.407 e. The van der Waals surface area contributed by atoms with E-state index in [1.54, 1.807) is 24.3 Å². The minimum atomic E-state index is -1.51. The van der Waals surface area contributed by atoms with E-state index in [1.807, 2.05) is 6.07 Å². The van der Waals surface area contributed by atoms with E-state index in [-0.39, 0.29) is 13.2 Å². The van der Waals surface area contributed by atoms with Gasteiger partial charge in [0.2, 0.25) is 11.8 Å². The van der Waals surface area contributed by atoms with E-state index in [2.05, 4.69) is 20.1 Å². The Bertz CT molecular complexity index is 816. The van der Waals surface area contributed by atoms with Crippen molar-refractivity contribution in [3.63, 3.8) is 0 Å². The van der Waals surface area contributed by atoms with Crippen molar-refractivity contribution in [2.45, 2.75) is 32.1 Å². The number of aliphatic hydroxyl groups is 1. The lowest BCUT2D eigenvalue weighted by molar-refractivity contribution is -0.162. The van der Waals surface area contributed by atoms with Crippen LogP contribution in [0.5, 0.6) is 0 Å². The van der Waals surface area contributed by atoms with Crippen LogP contribution in [0.4, 0.5) is 4.79 Å². The number of amides is 3. The Morgan fingerprint density at radius 1 is 1.03 bits per heavy atom. The molecule has 1 aromatic carbocycles. The van der Waals surface area contributed by atoms with Gasteiger partial charge in [-0.15, -0.1) is 0 Å². The molecule has 0 aliphatic heterocycles. The van der Waals surface area contributed by atoms with Gasteiger partial charge in [0, 0.05) is 12.5 Å². The molecule has 0 bridgehead atoms. The van der Waals surface area contributed by atoms with Gasteiger partial charge in [0.05, 0.1) is 26.7 Å². The van der Waals surface area contributed by atoms with Crippen molar-refractivity contribution in [3.05, 3.63) is 35.9 Å². The molecule has 0 aliphatic carbocycles. The first kappa shape index (κ1) is 27.4. The normalized spacial score (nSPS) is 13.2. The third kappa shape index (κ3) is 9.15. The van der Waals surface area contributed by atoms with Gasteiger partial charge in [0.25, 0.3) is 0 Å². The zero-order chi connectivity index (χ0) is 25.0. The molecule has 5 N–H and O–H groups in total. The fourth-order valence-corrected chi connectivity index (χ4v) is 2.93. The molecule has 0 radical (unpaired) electrons. The summed E-state index contributed by atoms with van der Waals surface area (Å²) in [4.78, 5) is 59.8. The second-order valence-electron chi connectivity index (χ2n) is 7.13. The van der Waals surface area contributed by atoms with Crippen molar-refractivity contribution in [1.29, 1.82) is 0 Å². The fourth-order valence-electron chi connectivity index (χ4n) is 2.93. The zero-order valence-electron chi connectivity index (χ0n) is 18.6. The summed E-state index contributed by atoms with van der Waals surface area (Å²) in [5.74, 6) is -6.35. The van der Waals surface area contributed by atoms with Gasteiger partial charge in [-0.1, -0.05) is 37.3 Å². The summed E-state index contributed by atoms with van der Waals surface area (Å²) in [7, 11) is 2.11. The van der Waals surface area contributed by atoms with Crippen LogP contribution in [0, 0.1) is 11.8 Å². The van der Waals surface area contributed by atoms with Gasteiger partial charge in [-0.25, -0.2) is 4.79 Å². The summed E-state index contributed by atoms with van der Waals surface area (Å²) >= 11 is 0. The SMILES string of the molecule is COC(=O)C(C(=O)OC)[C@H](C)[C@@H](NC(=O)C[C@H](O)CNC(=O)OCc1ccccc1)C(N)=O. The minimum absolute atomic E-state index is 0.0307. The first-order valence-corrected chi connectivity index (χ1v) is 9.97. The Hall–Kier alpha value is -3.67. The van der Waals surface area contributed by atoms with Crippen LogP contribution in [0.25, 0.3) is 0 Å². The van der Waals surface area contributed by atoms with E-state index in [0.717, 1.165) is 19.8 Å². The molecule has 0 saturated carbocycles. The predicted octanol–water partition coefficient (Wildman–Crippen LogP) is -0.768. The monoisotopic (exact) mass is 467 g/mol. The quantitative estimate of drug-likeness (QED) is 0.174. The lowest BCUT2D eigenvalue weighted by Crippen LogP contribution is -2.53. The fraction of sp³-hybridized carbons (Fsp3) is 0.476. The predicted molar refractivity (Wildman–Crippen MR) is 113 cm³/mol. The van der Waals surface area contributed by atoms with Crippen LogP contribution in [-0.4, -0.2) is 67.9 Å². The summed E-state index contributed by atoms with van der Waals surface area (Å²) in [6.45, 7) is 1.07. The van der Waals surface area contributed by atoms with E-state index in [1.165, 1.54) is 6.92 Å². The van der Waals surface area contributed by atoms with Crippen molar-refractivity contribution in [1.82, 2.24) is 10.6 Å². The number of ether oxygens (including phenoxy) is 3. The number of alkyl carbamates (subject to hydrolysis) is 1. The number of nitrogens with one attached hydrogen (secondary N) is 2. The standard InChI is InChI=1S/C21H29N3O9/c1-12(16(19(28)31-2)20(29)32-3)17(18(22)27)24-15(26)9-14(25)10-23-21(30)33-11-13-7-5-4-6-8-13/h4-8,12,14,16-17,25H,9-11H2,1-3H3,(H2,22,27)(H,23,30)(H,24,26)/t12-,14-,17+/m0/s1. The summed E-state index contributed by atoms with van der Waals surface area (Å²) in [5, 5.41) is 14.6. The van der Waals surface area contributed by atoms with Gasteiger partial charge in [-0.2, -0.15) is 0 Å². The highest BCUT2D eigenvalue weighted by Crippen LogP contribution is 2.19. The maximum absolute atomic E-state index is 12.3. The van der Waals surface area contributed by atoms with Crippen molar-refractivity contribution < 1.29 is 43.3 Å². The molecular weight excluding hydrogens is 438 g/mol. The third-order valence-electron chi connectivity index (χ3n) is 4.70. The first-order valence-electron chi connectivity index (χ1n) is 9.97. The first-order chi connectivity index (χ1) is 15.6. The molecule has 0 unspecified atom stereocenters. The number of methoxy groups -OCH3 is 2. The average Bonchev–Trinajstić information content (AvgIpc) is 2.79. The zero-order valence-corrected chi connectivity index (χ0v) is 18.6. The van der Waals surface area contributed by atoms with Gasteiger partial charge in [-0.3, -0.25) is 19.2 Å². The molecule has 1 rings (SSSR count). The second kappa shape index (κ2) is 13.7. The molecule has 3 atom stereocenters. The molecule has 0 aromatic heterocycles. The number of hydrogen-bond donors (Lipinski definition) is 4. The van der Waals surface area contributed by atoms with Crippen LogP contribution < -0.4 is 16.4 Å². The Balaban J connectivity index is 2.59. The molecule has 0 aliphatic rings.